The summed E-state index contributed by atoms with van der Waals surface area (Å²) in [5.41, 5.74) is 7.99. The molecule has 2 atom stereocenters. The standard InChI is InChI=1S/C26H25FN4O4/c1-35-19-6-4-5-18(13-19)29-26(34)30-22-14-21(16-9-11-17(27)12-10-16)20-7-2-3-8-23(20)31(25(22)33)15-24(28)32/h2-13,21-22H,14-15H2,1H3,(H2,28,32)(H2,29,30,34). The third-order valence-corrected chi connectivity index (χ3v) is 5.86. The Morgan fingerprint density at radius 1 is 1.09 bits per heavy atom. The molecule has 3 aromatic rings. The summed E-state index contributed by atoms with van der Waals surface area (Å²) < 4.78 is 18.8. The Balaban J connectivity index is 1.68. The number of nitrogens with two attached hydrogens (primary N) is 1. The second-order valence-corrected chi connectivity index (χ2v) is 8.17. The van der Waals surface area contributed by atoms with Gasteiger partial charge in [0.1, 0.15) is 24.2 Å². The van der Waals surface area contributed by atoms with Gasteiger partial charge in [0.05, 0.1) is 7.11 Å². The molecule has 3 aromatic carbocycles. The molecule has 1 aliphatic rings. The van der Waals surface area contributed by atoms with Crippen LogP contribution in [0, 0.1) is 5.82 Å². The number of carbonyl (C=O) groups excluding carboxylic acids is 3. The van der Waals surface area contributed by atoms with Gasteiger partial charge in [0, 0.05) is 23.4 Å². The smallest absolute Gasteiger partial charge is 0.319 e. The average Bonchev–Trinajstić information content (AvgIpc) is 2.95. The van der Waals surface area contributed by atoms with E-state index in [9.17, 15) is 18.8 Å². The van der Waals surface area contributed by atoms with E-state index in [0.717, 1.165) is 11.1 Å². The summed E-state index contributed by atoms with van der Waals surface area (Å²) in [6, 6.07) is 18.4. The first kappa shape index (κ1) is 23.7. The number of hydrogen-bond acceptors (Lipinski definition) is 4. The quantitative estimate of drug-likeness (QED) is 0.506. The maximum absolute atomic E-state index is 13.6. The lowest BCUT2D eigenvalue weighted by Crippen LogP contribution is -2.51. The van der Waals surface area contributed by atoms with Crippen molar-refractivity contribution < 1.29 is 23.5 Å². The van der Waals surface area contributed by atoms with Crippen LogP contribution in [0.1, 0.15) is 23.5 Å². The normalized spacial score (nSPS) is 17.2. The molecule has 0 saturated carbocycles. The lowest BCUT2D eigenvalue weighted by atomic mass is 9.86. The highest BCUT2D eigenvalue weighted by molar-refractivity contribution is 6.05. The molecule has 4 rings (SSSR count). The molecule has 0 aromatic heterocycles. The molecule has 180 valence electrons. The maximum atomic E-state index is 13.6. The van der Waals surface area contributed by atoms with Crippen molar-refractivity contribution in [1.82, 2.24) is 5.32 Å². The third-order valence-electron chi connectivity index (χ3n) is 5.86. The van der Waals surface area contributed by atoms with Gasteiger partial charge in [-0.05, 0) is 47.9 Å². The number of urea groups is 1. The van der Waals surface area contributed by atoms with E-state index in [1.54, 1.807) is 48.5 Å². The van der Waals surface area contributed by atoms with Gasteiger partial charge in [-0.3, -0.25) is 9.59 Å². The predicted molar refractivity (Wildman–Crippen MR) is 130 cm³/mol. The summed E-state index contributed by atoms with van der Waals surface area (Å²) in [5, 5.41) is 5.44. The van der Waals surface area contributed by atoms with Crippen molar-refractivity contribution in [3.05, 3.63) is 89.7 Å². The summed E-state index contributed by atoms with van der Waals surface area (Å²) in [6.45, 7) is -0.346. The number of fused-ring (bicyclic) bond motifs is 1. The number of halogens is 1. The molecule has 0 saturated heterocycles. The zero-order valence-electron chi connectivity index (χ0n) is 19.0. The van der Waals surface area contributed by atoms with Crippen molar-refractivity contribution in [3.8, 4) is 5.75 Å². The van der Waals surface area contributed by atoms with Crippen molar-refractivity contribution in [2.45, 2.75) is 18.4 Å². The SMILES string of the molecule is COc1cccc(NC(=O)NC2CC(c3ccc(F)cc3)c3ccccc3N(CC(N)=O)C2=O)c1. The summed E-state index contributed by atoms with van der Waals surface area (Å²) >= 11 is 0. The second-order valence-electron chi connectivity index (χ2n) is 8.17. The fourth-order valence-electron chi connectivity index (χ4n) is 4.27. The second kappa shape index (κ2) is 10.3. The van der Waals surface area contributed by atoms with Crippen LogP contribution in [0.3, 0.4) is 0 Å². The van der Waals surface area contributed by atoms with Gasteiger partial charge in [-0.2, -0.15) is 0 Å². The van der Waals surface area contributed by atoms with Gasteiger partial charge in [-0.1, -0.05) is 36.4 Å². The molecule has 1 heterocycles. The molecule has 35 heavy (non-hydrogen) atoms. The number of primary amides is 1. The van der Waals surface area contributed by atoms with Crippen molar-refractivity contribution in [1.29, 1.82) is 0 Å². The van der Waals surface area contributed by atoms with E-state index >= 15 is 0 Å². The van der Waals surface area contributed by atoms with Crippen molar-refractivity contribution in [3.63, 3.8) is 0 Å². The predicted octanol–water partition coefficient (Wildman–Crippen LogP) is 3.38. The van der Waals surface area contributed by atoms with Crippen LogP contribution in [0.5, 0.6) is 5.75 Å². The lowest BCUT2D eigenvalue weighted by Gasteiger charge is -2.25. The molecule has 0 aliphatic carbocycles. The van der Waals surface area contributed by atoms with Gasteiger partial charge in [-0.15, -0.1) is 0 Å². The van der Waals surface area contributed by atoms with Gasteiger partial charge in [0.2, 0.25) is 11.8 Å². The van der Waals surface area contributed by atoms with E-state index in [1.165, 1.54) is 24.1 Å². The highest BCUT2D eigenvalue weighted by atomic mass is 19.1. The van der Waals surface area contributed by atoms with Gasteiger partial charge in [0.25, 0.3) is 0 Å². The fraction of sp³-hybridized carbons (Fsp3) is 0.192. The monoisotopic (exact) mass is 476 g/mol. The van der Waals surface area contributed by atoms with Crippen molar-refractivity contribution in [2.24, 2.45) is 5.73 Å². The fourth-order valence-corrected chi connectivity index (χ4v) is 4.27. The highest BCUT2D eigenvalue weighted by Crippen LogP contribution is 2.39. The minimum Gasteiger partial charge on any atom is -0.497 e. The molecule has 0 spiro atoms. The van der Waals surface area contributed by atoms with Crippen LogP contribution < -0.4 is 26.0 Å². The summed E-state index contributed by atoms with van der Waals surface area (Å²) in [7, 11) is 1.52. The number of anilines is 2. The van der Waals surface area contributed by atoms with Crippen molar-refractivity contribution in [2.75, 3.05) is 23.9 Å². The van der Waals surface area contributed by atoms with Crippen LogP contribution in [0.15, 0.2) is 72.8 Å². The summed E-state index contributed by atoms with van der Waals surface area (Å²) in [5.74, 6) is -1.33. The van der Waals surface area contributed by atoms with E-state index in [2.05, 4.69) is 10.6 Å². The van der Waals surface area contributed by atoms with Gasteiger partial charge in [-0.25, -0.2) is 9.18 Å². The Morgan fingerprint density at radius 3 is 2.54 bits per heavy atom. The van der Waals surface area contributed by atoms with E-state index in [4.69, 9.17) is 10.5 Å². The molecule has 4 N–H and O–H groups in total. The molecule has 4 amide bonds. The Morgan fingerprint density at radius 2 is 1.83 bits per heavy atom. The van der Waals surface area contributed by atoms with Gasteiger partial charge < -0.3 is 26.0 Å². The largest absolute Gasteiger partial charge is 0.497 e. The summed E-state index contributed by atoms with van der Waals surface area (Å²) in [6.07, 6.45) is 0.197. The van der Waals surface area contributed by atoms with Crippen molar-refractivity contribution >= 4 is 29.2 Å². The number of methoxy groups -OCH3 is 1. The average molecular weight is 477 g/mol. The Labute approximate surface area is 201 Å². The van der Waals surface area contributed by atoms with Crippen LogP contribution in [0.4, 0.5) is 20.6 Å². The Hall–Kier alpha value is -4.40. The topological polar surface area (TPSA) is 114 Å². The zero-order valence-corrected chi connectivity index (χ0v) is 19.0. The first-order valence-corrected chi connectivity index (χ1v) is 11.0. The minimum absolute atomic E-state index is 0.197. The molecule has 8 nitrogen and oxygen atoms in total. The number of carbonyl (C=O) groups is 3. The molecule has 0 fully saturated rings. The number of nitrogens with one attached hydrogen (secondary N) is 2. The van der Waals surface area contributed by atoms with Gasteiger partial charge >= 0.3 is 6.03 Å². The minimum atomic E-state index is -0.984. The van der Waals surface area contributed by atoms with Crippen LogP contribution >= 0.6 is 0 Å². The highest BCUT2D eigenvalue weighted by Gasteiger charge is 2.37. The Bertz CT molecular complexity index is 1250. The number of rotatable bonds is 6. The van der Waals surface area contributed by atoms with Crippen LogP contribution in [0.2, 0.25) is 0 Å². The molecule has 0 radical (unpaired) electrons. The van der Waals surface area contributed by atoms with Gasteiger partial charge in [0.15, 0.2) is 0 Å². The van der Waals surface area contributed by atoms with E-state index in [0.29, 0.717) is 17.1 Å². The number of hydrogen-bond donors (Lipinski definition) is 3. The molecule has 2 unspecified atom stereocenters. The number of nitrogens with zero attached hydrogens (tertiary/aromatic N) is 1. The number of ether oxygens (including phenoxy) is 1. The third kappa shape index (κ3) is 5.40. The van der Waals surface area contributed by atoms with E-state index in [1.807, 2.05) is 12.1 Å². The summed E-state index contributed by atoms with van der Waals surface area (Å²) in [4.78, 5) is 39.5. The zero-order chi connectivity index (χ0) is 24.9. The van der Waals surface area contributed by atoms with Crippen LogP contribution in [0.25, 0.3) is 0 Å². The van der Waals surface area contributed by atoms with E-state index < -0.39 is 23.9 Å². The lowest BCUT2D eigenvalue weighted by molar-refractivity contribution is -0.123. The molecule has 1 aliphatic heterocycles. The van der Waals surface area contributed by atoms with Crippen LogP contribution in [-0.4, -0.2) is 37.5 Å². The molecule has 9 heteroatoms. The molecular formula is C26H25FN4O4. The maximum Gasteiger partial charge on any atom is 0.319 e. The first-order valence-electron chi connectivity index (χ1n) is 11.0. The molecule has 0 bridgehead atoms. The number of benzene rings is 3. The number of para-hydroxylation sites is 1. The van der Waals surface area contributed by atoms with Crippen LogP contribution in [-0.2, 0) is 9.59 Å². The number of amides is 4. The first-order chi connectivity index (χ1) is 16.9. The molecular weight excluding hydrogens is 451 g/mol. The van der Waals surface area contributed by atoms with E-state index in [-0.39, 0.29) is 24.7 Å². The Kier molecular flexibility index (Phi) is 6.96.